The number of imide groups is 1. The Kier molecular flexibility index (Phi) is 13.6. The fourth-order valence-corrected chi connectivity index (χ4v) is 5.33. The lowest BCUT2D eigenvalue weighted by molar-refractivity contribution is -0.804. The zero-order valence-electron chi connectivity index (χ0n) is 24.5. The highest BCUT2D eigenvalue weighted by Crippen LogP contribution is 2.28. The molecule has 42 heavy (non-hydrogen) atoms. The Morgan fingerprint density at radius 2 is 1.55 bits per heavy atom. The third-order valence-electron chi connectivity index (χ3n) is 7.70. The van der Waals surface area contributed by atoms with Crippen LogP contribution in [-0.4, -0.2) is 59.1 Å². The fraction of sp³-hybridized carbons (Fsp3) is 0.500. The van der Waals surface area contributed by atoms with Gasteiger partial charge in [-0.25, -0.2) is 15.1 Å². The van der Waals surface area contributed by atoms with Crippen molar-refractivity contribution >= 4 is 23.9 Å². The van der Waals surface area contributed by atoms with Gasteiger partial charge in [-0.1, -0.05) is 106 Å². The Bertz CT molecular complexity index is 1150. The minimum atomic E-state index is -1.42. The van der Waals surface area contributed by atoms with Crippen LogP contribution in [-0.2, 0) is 37.2 Å². The Balaban J connectivity index is 1.74. The molecular formula is C32H44N3O7+. The minimum Gasteiger partial charge on any atom is -0.456 e. The zero-order valence-corrected chi connectivity index (χ0v) is 24.5. The number of esters is 1. The number of hydrogen-bond acceptors (Lipinski definition) is 7. The maximum Gasteiger partial charge on any atom is 0.521 e. The van der Waals surface area contributed by atoms with E-state index in [1.807, 2.05) is 48.5 Å². The molecule has 1 unspecified atom stereocenters. The van der Waals surface area contributed by atoms with Crippen LogP contribution in [0.3, 0.4) is 0 Å². The molecule has 1 aliphatic heterocycles. The third-order valence-corrected chi connectivity index (χ3v) is 7.70. The number of amides is 3. The van der Waals surface area contributed by atoms with Gasteiger partial charge >= 0.3 is 18.0 Å². The van der Waals surface area contributed by atoms with E-state index in [1.54, 1.807) is 12.1 Å². The number of hydroxylamine groups is 1. The van der Waals surface area contributed by atoms with Gasteiger partial charge in [-0.2, -0.15) is 4.79 Å². The van der Waals surface area contributed by atoms with E-state index in [1.165, 1.54) is 0 Å². The molecule has 1 heterocycles. The van der Waals surface area contributed by atoms with Crippen LogP contribution in [0.2, 0.25) is 0 Å². The first-order valence-corrected chi connectivity index (χ1v) is 14.9. The van der Waals surface area contributed by atoms with E-state index in [4.69, 9.17) is 9.57 Å². The summed E-state index contributed by atoms with van der Waals surface area (Å²) in [5, 5.41) is 13.5. The van der Waals surface area contributed by atoms with Gasteiger partial charge in [0.05, 0.1) is 19.1 Å². The molecule has 0 radical (unpaired) electrons. The van der Waals surface area contributed by atoms with Crippen LogP contribution in [0.1, 0.15) is 69.4 Å². The van der Waals surface area contributed by atoms with Crippen molar-refractivity contribution in [3.8, 4) is 0 Å². The van der Waals surface area contributed by atoms with Crippen LogP contribution >= 0.6 is 0 Å². The van der Waals surface area contributed by atoms with Gasteiger partial charge < -0.3 is 15.2 Å². The van der Waals surface area contributed by atoms with Crippen molar-refractivity contribution in [3.05, 3.63) is 71.8 Å². The Hall–Kier alpha value is -3.60. The molecule has 0 spiro atoms. The summed E-state index contributed by atoms with van der Waals surface area (Å²) in [5.74, 6) is -2.85. The van der Waals surface area contributed by atoms with Gasteiger partial charge in [0.2, 0.25) is 11.9 Å². The van der Waals surface area contributed by atoms with E-state index < -0.39 is 40.3 Å². The number of piperazine rings is 1. The first kappa shape index (κ1) is 32.9. The van der Waals surface area contributed by atoms with Crippen LogP contribution in [0, 0.1) is 5.92 Å². The molecule has 1 saturated heterocycles. The molecule has 3 rings (SSSR count). The smallest absolute Gasteiger partial charge is 0.456 e. The molecule has 0 aliphatic carbocycles. The molecule has 0 bridgehead atoms. The monoisotopic (exact) mass is 582 g/mol. The molecule has 0 saturated carbocycles. The Morgan fingerprint density at radius 1 is 0.929 bits per heavy atom. The van der Waals surface area contributed by atoms with Crippen LogP contribution in [0.25, 0.3) is 0 Å². The van der Waals surface area contributed by atoms with Crippen LogP contribution in [0.4, 0.5) is 4.79 Å². The summed E-state index contributed by atoms with van der Waals surface area (Å²) in [6.07, 6.45) is 4.53. The molecule has 0 aromatic heterocycles. The molecule has 10 heteroatoms. The van der Waals surface area contributed by atoms with E-state index in [-0.39, 0.29) is 39.3 Å². The summed E-state index contributed by atoms with van der Waals surface area (Å²) in [4.78, 5) is 58.6. The van der Waals surface area contributed by atoms with Crippen molar-refractivity contribution in [2.45, 2.75) is 77.5 Å². The average molecular weight is 583 g/mol. The summed E-state index contributed by atoms with van der Waals surface area (Å²) in [6.45, 7) is 2.33. The summed E-state index contributed by atoms with van der Waals surface area (Å²) in [7, 11) is 0. The minimum absolute atomic E-state index is 0.0260. The molecule has 10 nitrogen and oxygen atoms in total. The zero-order chi connectivity index (χ0) is 30.2. The number of carboxylic acid groups (broad SMARTS) is 1. The van der Waals surface area contributed by atoms with Crippen molar-refractivity contribution in [2.75, 3.05) is 19.6 Å². The molecule has 3 N–H and O–H groups in total. The predicted molar refractivity (Wildman–Crippen MR) is 157 cm³/mol. The molecule has 1 fully saturated rings. The van der Waals surface area contributed by atoms with Gasteiger partial charge in [-0.3, -0.25) is 9.63 Å². The van der Waals surface area contributed by atoms with Crippen molar-refractivity contribution in [1.29, 1.82) is 0 Å². The molecule has 1 aliphatic rings. The summed E-state index contributed by atoms with van der Waals surface area (Å²) in [5.41, 5.74) is 4.02. The first-order chi connectivity index (χ1) is 20.4. The number of ether oxygens (including phenoxy) is 1. The normalized spacial score (nSPS) is 19.0. The number of carbonyl (C=O) groups excluding carboxylic acids is 3. The molecule has 2 aromatic rings. The van der Waals surface area contributed by atoms with Gasteiger partial charge in [-0.05, 0) is 17.5 Å². The van der Waals surface area contributed by atoms with Crippen molar-refractivity contribution in [1.82, 2.24) is 10.8 Å². The lowest BCUT2D eigenvalue weighted by Crippen LogP contribution is -2.73. The summed E-state index contributed by atoms with van der Waals surface area (Å²) >= 11 is 0. The van der Waals surface area contributed by atoms with Gasteiger partial charge in [0.15, 0.2) is 0 Å². The Labute approximate surface area is 247 Å². The third kappa shape index (κ3) is 9.47. The van der Waals surface area contributed by atoms with E-state index in [0.717, 1.165) is 43.2 Å². The maximum absolute atomic E-state index is 14.2. The average Bonchev–Trinajstić information content (AvgIpc) is 3.01. The summed E-state index contributed by atoms with van der Waals surface area (Å²) in [6, 6.07) is 17.1. The molecule has 3 atom stereocenters. The van der Waals surface area contributed by atoms with E-state index in [0.29, 0.717) is 12.8 Å². The van der Waals surface area contributed by atoms with Crippen molar-refractivity contribution in [2.24, 2.45) is 5.92 Å². The number of rotatable bonds is 16. The number of unbranched alkanes of at least 4 members (excludes halogenated alkanes) is 5. The lowest BCUT2D eigenvalue weighted by atomic mass is 9.92. The van der Waals surface area contributed by atoms with E-state index in [9.17, 15) is 24.3 Å². The van der Waals surface area contributed by atoms with Crippen LogP contribution in [0.15, 0.2) is 60.7 Å². The van der Waals surface area contributed by atoms with Crippen LogP contribution < -0.4 is 10.8 Å². The largest absolute Gasteiger partial charge is 0.521 e. The standard InChI is InChI=1S/C32H43N3O7/c1-2-3-4-5-6-13-18-27(21-29(36)34-42-24-26-16-11-8-12-17-26)30(37)35(32(39)40)20-19-33-22-28(35)31(38)41-23-25-14-9-7-10-15-25/h7-12,14-17,27-28,33H,2-6,13,18-24H2,1H3,(H-,34,36,39,40)/p+1/t27-,28?,35-/m1/s1. The lowest BCUT2D eigenvalue weighted by Gasteiger charge is -2.40. The first-order valence-electron chi connectivity index (χ1n) is 14.9. The highest BCUT2D eigenvalue weighted by Gasteiger charge is 2.58. The van der Waals surface area contributed by atoms with Gasteiger partial charge in [0.1, 0.15) is 13.2 Å². The number of quaternary nitrogens is 1. The van der Waals surface area contributed by atoms with Crippen LogP contribution in [0.5, 0.6) is 0 Å². The Morgan fingerprint density at radius 3 is 2.19 bits per heavy atom. The summed E-state index contributed by atoms with van der Waals surface area (Å²) < 4.78 is 4.41. The molecule has 228 valence electrons. The van der Waals surface area contributed by atoms with E-state index >= 15 is 0 Å². The SMILES string of the molecule is CCCCCCCC[C@H](CC(=O)NOCc1ccccc1)C(=O)[N@@+]1(C(=O)O)CCNCC1C(=O)OCc1ccccc1. The number of nitrogens with one attached hydrogen (secondary N) is 2. The van der Waals surface area contributed by atoms with Gasteiger partial charge in [-0.15, -0.1) is 4.48 Å². The number of hydrogen-bond donors (Lipinski definition) is 3. The predicted octanol–water partition coefficient (Wildman–Crippen LogP) is 4.73. The topological polar surface area (TPSA) is 131 Å². The van der Waals surface area contributed by atoms with Gasteiger partial charge in [0, 0.05) is 13.0 Å². The molecular weight excluding hydrogens is 538 g/mol. The number of benzene rings is 2. The number of nitrogens with zero attached hydrogens (tertiary/aromatic N) is 1. The van der Waals surface area contributed by atoms with E-state index in [2.05, 4.69) is 17.7 Å². The quantitative estimate of drug-likeness (QED) is 0.112. The highest BCUT2D eigenvalue weighted by molar-refractivity contribution is 5.90. The second-order valence-corrected chi connectivity index (χ2v) is 10.8. The highest BCUT2D eigenvalue weighted by atomic mass is 16.6. The maximum atomic E-state index is 14.2. The van der Waals surface area contributed by atoms with Gasteiger partial charge in [0.25, 0.3) is 0 Å². The molecule has 3 amide bonds. The molecule has 2 aromatic carbocycles. The number of carbonyl (C=O) groups is 4. The second kappa shape index (κ2) is 17.4. The fourth-order valence-electron chi connectivity index (χ4n) is 5.33. The second-order valence-electron chi connectivity index (χ2n) is 10.8. The van der Waals surface area contributed by atoms with Crippen molar-refractivity contribution in [3.63, 3.8) is 0 Å². The van der Waals surface area contributed by atoms with Crippen molar-refractivity contribution < 1.29 is 38.3 Å².